The smallest absolute Gasteiger partial charge is 0.237 e. The molecule has 0 radical (unpaired) electrons. The zero-order valence-electron chi connectivity index (χ0n) is 13.1. The maximum Gasteiger partial charge on any atom is 0.237 e. The monoisotopic (exact) mass is 303 g/mol. The Balaban J connectivity index is 1.41. The number of nitriles is 1. The lowest BCUT2D eigenvalue weighted by molar-refractivity contribution is -0.147. The van der Waals surface area contributed by atoms with Crippen LogP contribution in [0, 0.1) is 23.2 Å². The van der Waals surface area contributed by atoms with Crippen molar-refractivity contribution in [2.45, 2.75) is 68.5 Å². The Hall–Kier alpha value is -1.12. The van der Waals surface area contributed by atoms with E-state index in [9.17, 15) is 9.90 Å². The van der Waals surface area contributed by atoms with Crippen molar-refractivity contribution in [3.8, 4) is 6.07 Å². The maximum absolute atomic E-state index is 12.4. The zero-order chi connectivity index (χ0) is 15.4. The van der Waals surface area contributed by atoms with Gasteiger partial charge in [0.05, 0.1) is 18.2 Å². The number of likely N-dealkylation sites (tertiary alicyclic amines) is 1. The first-order chi connectivity index (χ1) is 10.5. The van der Waals surface area contributed by atoms with E-state index in [0.29, 0.717) is 24.9 Å². The number of nitrogens with zero attached hydrogens (tertiary/aromatic N) is 2. The minimum Gasteiger partial charge on any atom is -0.390 e. The van der Waals surface area contributed by atoms with E-state index in [1.165, 1.54) is 6.42 Å². The van der Waals surface area contributed by atoms with Gasteiger partial charge >= 0.3 is 0 Å². The molecular weight excluding hydrogens is 278 g/mol. The maximum atomic E-state index is 12.4. The Labute approximate surface area is 131 Å². The van der Waals surface area contributed by atoms with Gasteiger partial charge in [0.2, 0.25) is 5.91 Å². The summed E-state index contributed by atoms with van der Waals surface area (Å²) < 4.78 is 0. The van der Waals surface area contributed by atoms with Gasteiger partial charge in [0.15, 0.2) is 0 Å². The molecular formula is C17H25N3O2. The zero-order valence-corrected chi connectivity index (χ0v) is 13.1. The van der Waals surface area contributed by atoms with Crippen molar-refractivity contribution in [3.05, 3.63) is 0 Å². The molecule has 0 unspecified atom stereocenters. The van der Waals surface area contributed by atoms with E-state index in [4.69, 9.17) is 5.26 Å². The topological polar surface area (TPSA) is 76.4 Å². The summed E-state index contributed by atoms with van der Waals surface area (Å²) >= 11 is 0. The average Bonchev–Trinajstić information content (AvgIpc) is 2.90. The molecule has 5 rings (SSSR count). The average molecular weight is 303 g/mol. The molecule has 4 aliphatic carbocycles. The van der Waals surface area contributed by atoms with E-state index in [0.717, 1.165) is 44.9 Å². The van der Waals surface area contributed by atoms with E-state index >= 15 is 0 Å². The highest BCUT2D eigenvalue weighted by molar-refractivity contribution is 5.79. The van der Waals surface area contributed by atoms with Crippen LogP contribution in [-0.4, -0.2) is 46.2 Å². The number of amides is 1. The van der Waals surface area contributed by atoms with Crippen LogP contribution >= 0.6 is 0 Å². The van der Waals surface area contributed by atoms with Crippen LogP contribution in [0.1, 0.15) is 51.4 Å². The summed E-state index contributed by atoms with van der Waals surface area (Å²) in [5.41, 5.74) is -0.542. The van der Waals surface area contributed by atoms with Gasteiger partial charge < -0.3 is 15.3 Å². The van der Waals surface area contributed by atoms with Crippen LogP contribution in [0.25, 0.3) is 0 Å². The molecule has 5 nitrogen and oxygen atoms in total. The Morgan fingerprint density at radius 2 is 2.05 bits per heavy atom. The molecule has 1 aliphatic heterocycles. The predicted octanol–water partition coefficient (Wildman–Crippen LogP) is 1.17. The number of carbonyl (C=O) groups excluding carboxylic acids is 1. The van der Waals surface area contributed by atoms with Gasteiger partial charge in [-0.3, -0.25) is 4.79 Å². The lowest BCUT2D eigenvalue weighted by Gasteiger charge is -2.60. The molecule has 0 aromatic rings. The lowest BCUT2D eigenvalue weighted by atomic mass is 9.51. The second kappa shape index (κ2) is 4.94. The minimum absolute atomic E-state index is 0.0453. The summed E-state index contributed by atoms with van der Waals surface area (Å²) in [6, 6.07) is 1.99. The molecule has 2 N–H and O–H groups in total. The number of aliphatic hydroxyl groups is 1. The van der Waals surface area contributed by atoms with Gasteiger partial charge in [-0.1, -0.05) is 0 Å². The fraction of sp³-hybridized carbons (Fsp3) is 0.882. The molecule has 1 saturated heterocycles. The molecule has 1 heterocycles. The van der Waals surface area contributed by atoms with E-state index in [2.05, 4.69) is 11.4 Å². The second-order valence-electron chi connectivity index (χ2n) is 8.19. The van der Waals surface area contributed by atoms with Gasteiger partial charge in [0.1, 0.15) is 6.04 Å². The highest BCUT2D eigenvalue weighted by Crippen LogP contribution is 2.57. The number of hydrogen-bond donors (Lipinski definition) is 2. The van der Waals surface area contributed by atoms with Crippen molar-refractivity contribution in [1.82, 2.24) is 10.2 Å². The van der Waals surface area contributed by atoms with Gasteiger partial charge in [-0.25, -0.2) is 0 Å². The van der Waals surface area contributed by atoms with E-state index in [1.54, 1.807) is 4.90 Å². The number of carbonyl (C=O) groups is 1. The van der Waals surface area contributed by atoms with Crippen molar-refractivity contribution in [2.75, 3.05) is 13.1 Å². The highest BCUT2D eigenvalue weighted by atomic mass is 16.3. The summed E-state index contributed by atoms with van der Waals surface area (Å²) in [7, 11) is 0. The fourth-order valence-corrected chi connectivity index (χ4v) is 5.99. The Morgan fingerprint density at radius 1 is 1.32 bits per heavy atom. The fourth-order valence-electron chi connectivity index (χ4n) is 5.99. The third-order valence-corrected chi connectivity index (χ3v) is 6.37. The molecule has 0 spiro atoms. The number of rotatable bonds is 3. The molecule has 4 saturated carbocycles. The summed E-state index contributed by atoms with van der Waals surface area (Å²) in [5.74, 6) is 1.28. The van der Waals surface area contributed by atoms with Crippen LogP contribution in [0.15, 0.2) is 0 Å². The van der Waals surface area contributed by atoms with Crippen LogP contribution in [-0.2, 0) is 4.79 Å². The van der Waals surface area contributed by atoms with Crippen LogP contribution in [0.4, 0.5) is 0 Å². The standard InChI is InChI=1S/C17H25N3O2/c18-9-14-2-1-3-20(14)15(21)10-19-16-5-12-4-13(6-16)8-17(22,7-12)11-16/h12-14,19,22H,1-8,10-11H2/t12-,13+,14-,16+,17+/m0/s1. The van der Waals surface area contributed by atoms with Gasteiger partial charge in [-0.2, -0.15) is 5.26 Å². The third kappa shape index (κ3) is 2.33. The highest BCUT2D eigenvalue weighted by Gasteiger charge is 2.57. The summed E-state index contributed by atoms with van der Waals surface area (Å²) in [4.78, 5) is 14.2. The Bertz CT molecular complexity index is 512. The van der Waals surface area contributed by atoms with Crippen molar-refractivity contribution < 1.29 is 9.90 Å². The van der Waals surface area contributed by atoms with Crippen molar-refractivity contribution in [3.63, 3.8) is 0 Å². The quantitative estimate of drug-likeness (QED) is 0.821. The van der Waals surface area contributed by atoms with Crippen LogP contribution < -0.4 is 5.32 Å². The molecule has 4 bridgehead atoms. The van der Waals surface area contributed by atoms with Gasteiger partial charge in [-0.15, -0.1) is 0 Å². The summed E-state index contributed by atoms with van der Waals surface area (Å²) in [6.45, 7) is 1.02. The van der Waals surface area contributed by atoms with E-state index < -0.39 is 5.60 Å². The SMILES string of the molecule is N#C[C@@H]1CCCN1C(=O)CN[C@@]12C[C@@H]3C[C@@H](C[C@](O)(C3)C1)C2. The molecule has 0 aromatic carbocycles. The molecule has 120 valence electrons. The molecule has 22 heavy (non-hydrogen) atoms. The lowest BCUT2D eigenvalue weighted by Crippen LogP contribution is -2.65. The van der Waals surface area contributed by atoms with Gasteiger partial charge in [-0.05, 0) is 63.2 Å². The van der Waals surface area contributed by atoms with Gasteiger partial charge in [0, 0.05) is 12.1 Å². The second-order valence-corrected chi connectivity index (χ2v) is 8.19. The summed E-state index contributed by atoms with van der Waals surface area (Å²) in [6.07, 6.45) is 7.87. The van der Waals surface area contributed by atoms with Crippen LogP contribution in [0.5, 0.6) is 0 Å². The molecule has 0 aromatic heterocycles. The van der Waals surface area contributed by atoms with Crippen molar-refractivity contribution in [1.29, 1.82) is 5.26 Å². The first-order valence-electron chi connectivity index (χ1n) is 8.67. The largest absolute Gasteiger partial charge is 0.390 e. The summed E-state index contributed by atoms with van der Waals surface area (Å²) in [5, 5.41) is 23.4. The van der Waals surface area contributed by atoms with E-state index in [1.807, 2.05) is 0 Å². The van der Waals surface area contributed by atoms with Crippen molar-refractivity contribution in [2.24, 2.45) is 11.8 Å². The normalized spacial score (nSPS) is 46.0. The Morgan fingerprint density at radius 3 is 2.68 bits per heavy atom. The van der Waals surface area contributed by atoms with Gasteiger partial charge in [0.25, 0.3) is 0 Å². The molecule has 5 heteroatoms. The predicted molar refractivity (Wildman–Crippen MR) is 80.7 cm³/mol. The molecule has 1 amide bonds. The first-order valence-corrected chi connectivity index (χ1v) is 8.67. The molecule has 5 atom stereocenters. The number of nitrogens with one attached hydrogen (secondary N) is 1. The van der Waals surface area contributed by atoms with E-state index in [-0.39, 0.29) is 17.5 Å². The van der Waals surface area contributed by atoms with Crippen LogP contribution in [0.2, 0.25) is 0 Å². The third-order valence-electron chi connectivity index (χ3n) is 6.37. The number of hydrogen-bond acceptors (Lipinski definition) is 4. The molecule has 5 aliphatic rings. The molecule has 5 fully saturated rings. The van der Waals surface area contributed by atoms with Crippen molar-refractivity contribution >= 4 is 5.91 Å². The van der Waals surface area contributed by atoms with Crippen LogP contribution in [0.3, 0.4) is 0 Å². The first kappa shape index (κ1) is 14.5. The minimum atomic E-state index is -0.497. The Kier molecular flexibility index (Phi) is 3.25.